The van der Waals surface area contributed by atoms with E-state index >= 15 is 0 Å². The maximum Gasteiger partial charge on any atom is 0.287 e. The lowest BCUT2D eigenvalue weighted by atomic mass is 10.2. The average Bonchev–Trinajstić information content (AvgIpc) is 3.36. The lowest BCUT2D eigenvalue weighted by molar-refractivity contribution is -0.647. The van der Waals surface area contributed by atoms with Crippen LogP contribution >= 0.6 is 0 Å². The largest absolute Gasteiger partial charge is 0.329 e. The summed E-state index contributed by atoms with van der Waals surface area (Å²) in [5.41, 5.74) is 7.05. The summed E-state index contributed by atoms with van der Waals surface area (Å²) in [4.78, 5) is 4.56. The van der Waals surface area contributed by atoms with Crippen molar-refractivity contribution in [2.24, 2.45) is 7.05 Å². The van der Waals surface area contributed by atoms with Crippen LogP contribution in [0.2, 0.25) is 0 Å². The maximum atomic E-state index is 2.31. The van der Waals surface area contributed by atoms with Gasteiger partial charge in [0, 0.05) is 18.8 Å². The molecule has 4 aromatic carbocycles. The maximum absolute atomic E-state index is 2.31. The molecule has 0 spiro atoms. The van der Waals surface area contributed by atoms with Gasteiger partial charge in [0.05, 0.1) is 18.4 Å². The van der Waals surface area contributed by atoms with E-state index in [9.17, 15) is 0 Å². The second kappa shape index (κ2) is 8.65. The van der Waals surface area contributed by atoms with Gasteiger partial charge in [0.1, 0.15) is 11.5 Å². The zero-order valence-corrected chi connectivity index (χ0v) is 19.9. The van der Waals surface area contributed by atoms with E-state index in [1.807, 2.05) is 0 Å². The summed E-state index contributed by atoms with van der Waals surface area (Å²) in [7, 11) is 4.25. The molecule has 1 aliphatic heterocycles. The summed E-state index contributed by atoms with van der Waals surface area (Å²) in [6.07, 6.45) is 6.54. The van der Waals surface area contributed by atoms with Crippen molar-refractivity contribution in [3.63, 3.8) is 0 Å². The van der Waals surface area contributed by atoms with Crippen molar-refractivity contribution < 1.29 is 4.57 Å². The lowest BCUT2D eigenvalue weighted by Gasteiger charge is -2.22. The molecule has 2 heterocycles. The molecule has 1 aliphatic rings. The molecule has 1 aromatic heterocycles. The molecule has 0 fully saturated rings. The SMILES string of the molecule is CN1/C(=C/C=C/c2n(-c3ccccc3)c3ccccc3[n+]2C)N(c2ccccc2)c2ccccc21. The molecule has 0 aliphatic carbocycles. The third-order valence-corrected chi connectivity index (χ3v) is 6.63. The van der Waals surface area contributed by atoms with E-state index in [2.05, 4.69) is 160 Å². The number of aromatic nitrogens is 2. The Labute approximate surface area is 205 Å². The van der Waals surface area contributed by atoms with Crippen LogP contribution < -0.4 is 14.4 Å². The fourth-order valence-corrected chi connectivity index (χ4v) is 4.96. The van der Waals surface area contributed by atoms with Gasteiger partial charge in [-0.1, -0.05) is 66.7 Å². The first kappa shape index (κ1) is 21.0. The number of aryl methyl sites for hydroxylation is 1. The topological polar surface area (TPSA) is 15.3 Å². The number of nitrogens with zero attached hydrogens (tertiary/aromatic N) is 4. The van der Waals surface area contributed by atoms with E-state index in [0.717, 1.165) is 23.0 Å². The van der Waals surface area contributed by atoms with Gasteiger partial charge in [-0.2, -0.15) is 4.57 Å². The van der Waals surface area contributed by atoms with E-state index in [4.69, 9.17) is 0 Å². The monoisotopic (exact) mass is 455 g/mol. The summed E-state index contributed by atoms with van der Waals surface area (Å²) >= 11 is 0. The van der Waals surface area contributed by atoms with Crippen LogP contribution in [-0.4, -0.2) is 11.6 Å². The highest BCUT2D eigenvalue weighted by molar-refractivity contribution is 5.88. The Bertz CT molecular complexity index is 1560. The van der Waals surface area contributed by atoms with Gasteiger partial charge in [0.25, 0.3) is 5.82 Å². The molecule has 170 valence electrons. The van der Waals surface area contributed by atoms with Crippen molar-refractivity contribution in [2.75, 3.05) is 16.8 Å². The predicted octanol–water partition coefficient (Wildman–Crippen LogP) is 6.60. The normalized spacial score (nSPS) is 14.4. The van der Waals surface area contributed by atoms with Crippen LogP contribution in [0.15, 0.2) is 127 Å². The fraction of sp³-hybridized carbons (Fsp3) is 0.0645. The first-order chi connectivity index (χ1) is 17.2. The van der Waals surface area contributed by atoms with Crippen molar-refractivity contribution in [2.45, 2.75) is 0 Å². The number of hydrogen-bond donors (Lipinski definition) is 0. The molecule has 0 atom stereocenters. The van der Waals surface area contributed by atoms with Crippen LogP contribution in [0.25, 0.3) is 22.8 Å². The lowest BCUT2D eigenvalue weighted by Crippen LogP contribution is -2.30. The Kier molecular flexibility index (Phi) is 5.19. The Hall–Kier alpha value is -4.57. The Morgan fingerprint density at radius 1 is 0.657 bits per heavy atom. The van der Waals surface area contributed by atoms with Crippen molar-refractivity contribution in [3.05, 3.63) is 133 Å². The molecule has 0 amide bonds. The molecular weight excluding hydrogens is 428 g/mol. The number of para-hydroxylation sites is 6. The third-order valence-electron chi connectivity index (χ3n) is 6.63. The van der Waals surface area contributed by atoms with E-state index in [1.165, 1.54) is 22.4 Å². The quantitative estimate of drug-likeness (QED) is 0.284. The molecule has 6 rings (SSSR count). The van der Waals surface area contributed by atoms with Crippen LogP contribution in [0, 0.1) is 0 Å². The van der Waals surface area contributed by atoms with E-state index in [0.29, 0.717) is 0 Å². The molecule has 5 aromatic rings. The highest BCUT2D eigenvalue weighted by Crippen LogP contribution is 2.44. The second-order valence-electron chi connectivity index (χ2n) is 8.68. The van der Waals surface area contributed by atoms with Gasteiger partial charge in [0.15, 0.2) is 11.0 Å². The van der Waals surface area contributed by atoms with Gasteiger partial charge in [-0.05, 0) is 54.6 Å². The number of imidazole rings is 1. The zero-order valence-electron chi connectivity index (χ0n) is 19.9. The Morgan fingerprint density at radius 3 is 2.00 bits per heavy atom. The van der Waals surface area contributed by atoms with Crippen molar-refractivity contribution in [1.82, 2.24) is 4.57 Å². The summed E-state index contributed by atoms with van der Waals surface area (Å²) in [6, 6.07) is 38.1. The predicted molar refractivity (Wildman–Crippen MR) is 145 cm³/mol. The summed E-state index contributed by atoms with van der Waals surface area (Å²) in [6.45, 7) is 0. The van der Waals surface area contributed by atoms with Crippen molar-refractivity contribution >= 4 is 34.2 Å². The number of rotatable bonds is 4. The fourth-order valence-electron chi connectivity index (χ4n) is 4.96. The number of benzene rings is 4. The summed E-state index contributed by atoms with van der Waals surface area (Å²) in [5, 5.41) is 0. The molecule has 0 bridgehead atoms. The number of fused-ring (bicyclic) bond motifs is 2. The van der Waals surface area contributed by atoms with Gasteiger partial charge >= 0.3 is 0 Å². The molecule has 0 radical (unpaired) electrons. The van der Waals surface area contributed by atoms with Gasteiger partial charge < -0.3 is 4.90 Å². The van der Waals surface area contributed by atoms with Crippen LogP contribution in [-0.2, 0) is 7.05 Å². The number of hydrogen-bond acceptors (Lipinski definition) is 2. The molecule has 0 saturated carbocycles. The van der Waals surface area contributed by atoms with Gasteiger partial charge in [-0.3, -0.25) is 4.90 Å². The van der Waals surface area contributed by atoms with Crippen LogP contribution in [0.1, 0.15) is 5.82 Å². The highest BCUT2D eigenvalue weighted by Gasteiger charge is 2.29. The van der Waals surface area contributed by atoms with Crippen LogP contribution in [0.3, 0.4) is 0 Å². The smallest absolute Gasteiger partial charge is 0.287 e. The van der Waals surface area contributed by atoms with E-state index in [1.54, 1.807) is 0 Å². The number of anilines is 3. The minimum absolute atomic E-state index is 1.11. The minimum atomic E-state index is 1.11. The first-order valence-corrected chi connectivity index (χ1v) is 11.9. The molecular formula is C31H27N4+. The minimum Gasteiger partial charge on any atom is -0.329 e. The second-order valence-corrected chi connectivity index (χ2v) is 8.68. The standard InChI is InChI=1S/C31H27N4/c1-32-26-18-9-11-20-28(26)34(24-14-5-3-6-15-24)30(32)22-13-23-31-33(2)27-19-10-12-21-29(27)35(31)25-16-7-4-8-17-25/h3-23H,1-2H3/q+1. The van der Waals surface area contributed by atoms with Crippen LogP contribution in [0.4, 0.5) is 17.1 Å². The molecule has 4 nitrogen and oxygen atoms in total. The molecule has 0 unspecified atom stereocenters. The van der Waals surface area contributed by atoms with Gasteiger partial charge in [-0.25, -0.2) is 4.57 Å². The van der Waals surface area contributed by atoms with E-state index < -0.39 is 0 Å². The molecule has 0 saturated heterocycles. The molecule has 35 heavy (non-hydrogen) atoms. The van der Waals surface area contributed by atoms with Gasteiger partial charge in [-0.15, -0.1) is 0 Å². The van der Waals surface area contributed by atoms with Crippen molar-refractivity contribution in [1.29, 1.82) is 0 Å². The Morgan fingerprint density at radius 2 is 1.26 bits per heavy atom. The molecule has 4 heteroatoms. The van der Waals surface area contributed by atoms with Gasteiger partial charge in [0.2, 0.25) is 0 Å². The highest BCUT2D eigenvalue weighted by atomic mass is 15.4. The zero-order chi connectivity index (χ0) is 23.8. The van der Waals surface area contributed by atoms with Crippen LogP contribution in [0.5, 0.6) is 0 Å². The summed E-state index contributed by atoms with van der Waals surface area (Å²) < 4.78 is 4.56. The first-order valence-electron chi connectivity index (χ1n) is 11.9. The molecule has 0 N–H and O–H groups in total. The third kappa shape index (κ3) is 3.51. The van der Waals surface area contributed by atoms with E-state index in [-0.39, 0.29) is 0 Å². The summed E-state index contributed by atoms with van der Waals surface area (Å²) in [5.74, 6) is 2.22. The Balaban J connectivity index is 1.47. The average molecular weight is 456 g/mol. The van der Waals surface area contributed by atoms with Crippen molar-refractivity contribution in [3.8, 4) is 5.69 Å². The number of allylic oxidation sites excluding steroid dienone is 2.